The molecule has 1 saturated carbocycles. The summed E-state index contributed by atoms with van der Waals surface area (Å²) in [6.45, 7) is -0.118. The number of rotatable bonds is 11. The minimum atomic E-state index is -0.653. The maximum Gasteiger partial charge on any atom is 0.339 e. The standard InChI is InChI=1S/C24H30N4O4S/c1-27(19-9-3-2-4-10-19)23(30)18-33-21-12-6-5-11-20(21)24(31)32-17-22(29)28(15-7-13-25)16-8-14-26/h5-6,11-12,19H,2-4,7-10,15-18H2,1H3. The average Bonchev–Trinajstić information content (AvgIpc) is 2.86. The number of nitrogens with zero attached hydrogens (tertiary/aromatic N) is 4. The quantitative estimate of drug-likeness (QED) is 0.360. The number of amides is 2. The second-order valence-corrected chi connectivity index (χ2v) is 8.87. The highest BCUT2D eigenvalue weighted by Crippen LogP contribution is 2.26. The summed E-state index contributed by atoms with van der Waals surface area (Å²) in [7, 11) is 1.84. The second-order valence-electron chi connectivity index (χ2n) is 7.85. The van der Waals surface area contributed by atoms with Crippen LogP contribution in [0.1, 0.15) is 55.3 Å². The molecule has 0 heterocycles. The van der Waals surface area contributed by atoms with E-state index < -0.39 is 18.5 Å². The average molecular weight is 471 g/mol. The van der Waals surface area contributed by atoms with E-state index in [1.165, 1.54) is 23.1 Å². The van der Waals surface area contributed by atoms with Gasteiger partial charge in [-0.05, 0) is 25.0 Å². The van der Waals surface area contributed by atoms with E-state index >= 15 is 0 Å². The van der Waals surface area contributed by atoms with Crippen LogP contribution in [0, 0.1) is 22.7 Å². The zero-order valence-electron chi connectivity index (χ0n) is 19.0. The molecule has 1 aliphatic rings. The molecule has 9 heteroatoms. The predicted octanol–water partition coefficient (Wildman–Crippen LogP) is 3.38. The largest absolute Gasteiger partial charge is 0.452 e. The smallest absolute Gasteiger partial charge is 0.339 e. The van der Waals surface area contributed by atoms with Crippen molar-refractivity contribution in [1.82, 2.24) is 9.80 Å². The van der Waals surface area contributed by atoms with Crippen molar-refractivity contribution < 1.29 is 19.1 Å². The Morgan fingerprint density at radius 2 is 1.67 bits per heavy atom. The predicted molar refractivity (Wildman–Crippen MR) is 124 cm³/mol. The monoisotopic (exact) mass is 470 g/mol. The normalized spacial score (nSPS) is 13.4. The lowest BCUT2D eigenvalue weighted by Gasteiger charge is -2.31. The fourth-order valence-corrected chi connectivity index (χ4v) is 4.67. The maximum atomic E-state index is 12.7. The molecule has 0 radical (unpaired) electrons. The third-order valence-corrected chi connectivity index (χ3v) is 6.70. The van der Waals surface area contributed by atoms with Crippen LogP contribution in [-0.4, -0.2) is 66.1 Å². The molecule has 0 spiro atoms. The minimum absolute atomic E-state index is 0.0240. The minimum Gasteiger partial charge on any atom is -0.452 e. The molecule has 1 fully saturated rings. The van der Waals surface area contributed by atoms with Crippen LogP contribution in [0.25, 0.3) is 0 Å². The first-order chi connectivity index (χ1) is 16.0. The lowest BCUT2D eigenvalue weighted by Crippen LogP contribution is -2.39. The van der Waals surface area contributed by atoms with Crippen molar-refractivity contribution in [1.29, 1.82) is 10.5 Å². The van der Waals surface area contributed by atoms with Crippen LogP contribution in [0.5, 0.6) is 0 Å². The number of hydrogen-bond donors (Lipinski definition) is 0. The Kier molecular flexibility index (Phi) is 11.3. The molecule has 0 aromatic heterocycles. The number of thioether (sulfide) groups is 1. The van der Waals surface area contributed by atoms with Gasteiger partial charge in [-0.2, -0.15) is 10.5 Å². The van der Waals surface area contributed by atoms with Crippen LogP contribution < -0.4 is 0 Å². The number of carbonyl (C=O) groups excluding carboxylic acids is 3. The number of carbonyl (C=O) groups is 3. The first-order valence-electron chi connectivity index (χ1n) is 11.1. The summed E-state index contributed by atoms with van der Waals surface area (Å²) in [5.74, 6) is -0.869. The Morgan fingerprint density at radius 3 is 2.30 bits per heavy atom. The van der Waals surface area contributed by atoms with E-state index in [1.54, 1.807) is 24.3 Å². The van der Waals surface area contributed by atoms with Gasteiger partial charge in [0.1, 0.15) is 0 Å². The number of esters is 1. The fraction of sp³-hybridized carbons (Fsp3) is 0.542. The third kappa shape index (κ3) is 8.43. The second kappa shape index (κ2) is 14.2. The summed E-state index contributed by atoms with van der Waals surface area (Å²) in [5, 5.41) is 17.5. The molecule has 0 atom stereocenters. The molecule has 176 valence electrons. The van der Waals surface area contributed by atoms with E-state index in [0.29, 0.717) is 10.5 Å². The van der Waals surface area contributed by atoms with E-state index in [1.807, 2.05) is 24.1 Å². The fourth-order valence-electron chi connectivity index (χ4n) is 3.70. The first-order valence-corrected chi connectivity index (χ1v) is 12.1. The van der Waals surface area contributed by atoms with Gasteiger partial charge in [0.15, 0.2) is 6.61 Å². The molecule has 0 bridgehead atoms. The summed E-state index contributed by atoms with van der Waals surface area (Å²) in [6, 6.07) is 11.0. The van der Waals surface area contributed by atoms with Gasteiger partial charge in [-0.1, -0.05) is 31.4 Å². The lowest BCUT2D eigenvalue weighted by atomic mass is 9.94. The Labute approximate surface area is 199 Å². The number of hydrogen-bond acceptors (Lipinski definition) is 7. The Hall–Kier alpha value is -3.04. The molecule has 33 heavy (non-hydrogen) atoms. The molecular formula is C24H30N4O4S. The van der Waals surface area contributed by atoms with Crippen LogP contribution in [0.2, 0.25) is 0 Å². The van der Waals surface area contributed by atoms with Crippen LogP contribution in [-0.2, 0) is 14.3 Å². The molecule has 0 saturated heterocycles. The lowest BCUT2D eigenvalue weighted by molar-refractivity contribution is -0.134. The van der Waals surface area contributed by atoms with Crippen molar-refractivity contribution in [2.75, 3.05) is 32.5 Å². The number of ether oxygens (including phenoxy) is 1. The van der Waals surface area contributed by atoms with E-state index in [2.05, 4.69) is 0 Å². The van der Waals surface area contributed by atoms with Gasteiger partial charge in [-0.25, -0.2) is 4.79 Å². The molecule has 1 aromatic rings. The number of benzene rings is 1. The van der Waals surface area contributed by atoms with E-state index in [-0.39, 0.29) is 43.6 Å². The molecule has 2 rings (SSSR count). The molecular weight excluding hydrogens is 440 g/mol. The van der Waals surface area contributed by atoms with E-state index in [4.69, 9.17) is 15.3 Å². The number of nitriles is 2. The van der Waals surface area contributed by atoms with Crippen molar-refractivity contribution in [2.45, 2.75) is 55.9 Å². The van der Waals surface area contributed by atoms with E-state index in [9.17, 15) is 14.4 Å². The van der Waals surface area contributed by atoms with Crippen molar-refractivity contribution in [3.63, 3.8) is 0 Å². The van der Waals surface area contributed by atoms with Gasteiger partial charge in [-0.3, -0.25) is 9.59 Å². The van der Waals surface area contributed by atoms with Gasteiger partial charge in [-0.15, -0.1) is 11.8 Å². The van der Waals surface area contributed by atoms with Crippen molar-refractivity contribution in [3.8, 4) is 12.1 Å². The Bertz CT molecular complexity index is 884. The molecule has 0 aliphatic heterocycles. The van der Waals surface area contributed by atoms with Gasteiger partial charge in [0.05, 0.1) is 36.3 Å². The Morgan fingerprint density at radius 1 is 1.03 bits per heavy atom. The zero-order chi connectivity index (χ0) is 24.1. The van der Waals surface area contributed by atoms with Gasteiger partial charge >= 0.3 is 5.97 Å². The van der Waals surface area contributed by atoms with Gasteiger partial charge < -0.3 is 14.5 Å². The van der Waals surface area contributed by atoms with Crippen molar-refractivity contribution in [3.05, 3.63) is 29.8 Å². The van der Waals surface area contributed by atoms with Gasteiger partial charge in [0.25, 0.3) is 5.91 Å². The zero-order valence-corrected chi connectivity index (χ0v) is 19.8. The molecule has 1 aliphatic carbocycles. The Balaban J connectivity index is 1.93. The summed E-state index contributed by atoms with van der Waals surface area (Å²) >= 11 is 1.28. The maximum absolute atomic E-state index is 12.7. The van der Waals surface area contributed by atoms with Crippen LogP contribution in [0.3, 0.4) is 0 Å². The van der Waals surface area contributed by atoms with Crippen molar-refractivity contribution >= 4 is 29.5 Å². The van der Waals surface area contributed by atoms with Crippen LogP contribution in [0.4, 0.5) is 0 Å². The molecule has 0 unspecified atom stereocenters. The molecule has 1 aromatic carbocycles. The summed E-state index contributed by atoms with van der Waals surface area (Å²) in [5.41, 5.74) is 0.295. The third-order valence-electron chi connectivity index (χ3n) is 5.64. The van der Waals surface area contributed by atoms with Gasteiger partial charge in [0.2, 0.25) is 5.91 Å². The van der Waals surface area contributed by atoms with Crippen LogP contribution in [0.15, 0.2) is 29.2 Å². The summed E-state index contributed by atoms with van der Waals surface area (Å²) in [4.78, 5) is 41.5. The van der Waals surface area contributed by atoms with E-state index in [0.717, 1.165) is 25.7 Å². The molecule has 8 nitrogen and oxygen atoms in total. The molecule has 0 N–H and O–H groups in total. The summed E-state index contributed by atoms with van der Waals surface area (Å²) in [6.07, 6.45) is 5.84. The highest BCUT2D eigenvalue weighted by Gasteiger charge is 2.23. The highest BCUT2D eigenvalue weighted by atomic mass is 32.2. The molecule has 2 amide bonds. The summed E-state index contributed by atoms with van der Waals surface area (Å²) < 4.78 is 5.22. The SMILES string of the molecule is CN(C(=O)CSc1ccccc1C(=O)OCC(=O)N(CCC#N)CCC#N)C1CCCCC1. The van der Waals surface area contributed by atoms with Gasteiger partial charge in [0, 0.05) is 31.1 Å². The van der Waals surface area contributed by atoms with Crippen molar-refractivity contribution in [2.24, 2.45) is 0 Å². The highest BCUT2D eigenvalue weighted by molar-refractivity contribution is 8.00. The topological polar surface area (TPSA) is 114 Å². The van der Waals surface area contributed by atoms with Crippen LogP contribution >= 0.6 is 11.8 Å². The first kappa shape index (κ1) is 26.2.